The smallest absolute Gasteiger partial charge is 0.314 e. The minimum atomic E-state index is -0.838. The number of aliphatic carboxylic acids is 1. The molecule has 21 heavy (non-hydrogen) atoms. The lowest BCUT2D eigenvalue weighted by Crippen LogP contribution is -2.32. The summed E-state index contributed by atoms with van der Waals surface area (Å²) in [7, 11) is 1.55. The monoisotopic (exact) mass is 310 g/mol. The van der Waals surface area contributed by atoms with Gasteiger partial charge in [-0.05, 0) is 43.4 Å². The number of methoxy groups -OCH3 is 1. The van der Waals surface area contributed by atoms with E-state index < -0.39 is 11.4 Å². The Hall–Kier alpha value is -1.42. The van der Waals surface area contributed by atoms with Gasteiger partial charge < -0.3 is 14.6 Å². The standard InChI is InChI=1S/C16H19ClO4/c1-20-13-9-10(16(15(18)19)6-2-3-7-16)8-12(17)14(13)21-11-4-5-11/h8-9,11H,2-7H2,1H3,(H,18,19). The van der Waals surface area contributed by atoms with Gasteiger partial charge in [-0.25, -0.2) is 0 Å². The molecule has 114 valence electrons. The van der Waals surface area contributed by atoms with Crippen molar-refractivity contribution in [3.8, 4) is 11.5 Å². The minimum absolute atomic E-state index is 0.210. The van der Waals surface area contributed by atoms with Crippen LogP contribution in [0, 0.1) is 0 Å². The normalized spacial score (nSPS) is 20.3. The number of hydrogen-bond acceptors (Lipinski definition) is 3. The summed E-state index contributed by atoms with van der Waals surface area (Å²) < 4.78 is 11.2. The lowest BCUT2D eigenvalue weighted by Gasteiger charge is -2.26. The van der Waals surface area contributed by atoms with Crippen LogP contribution in [0.1, 0.15) is 44.1 Å². The maximum Gasteiger partial charge on any atom is 0.314 e. The van der Waals surface area contributed by atoms with Gasteiger partial charge in [0.25, 0.3) is 0 Å². The summed E-state index contributed by atoms with van der Waals surface area (Å²) in [5.74, 6) is 0.273. The van der Waals surface area contributed by atoms with Crippen molar-refractivity contribution in [2.24, 2.45) is 0 Å². The molecule has 0 unspecified atom stereocenters. The summed E-state index contributed by atoms with van der Waals surface area (Å²) in [6, 6.07) is 3.52. The molecule has 1 aromatic rings. The van der Waals surface area contributed by atoms with Crippen molar-refractivity contribution in [2.75, 3.05) is 7.11 Å². The number of carboxylic acids is 1. The molecule has 0 spiro atoms. The van der Waals surface area contributed by atoms with Crippen LogP contribution in [0.5, 0.6) is 11.5 Å². The van der Waals surface area contributed by atoms with E-state index >= 15 is 0 Å². The van der Waals surface area contributed by atoms with Gasteiger partial charge in [0.15, 0.2) is 11.5 Å². The van der Waals surface area contributed by atoms with Gasteiger partial charge in [0.05, 0.1) is 23.7 Å². The first-order chi connectivity index (χ1) is 10.1. The van der Waals surface area contributed by atoms with E-state index in [1.54, 1.807) is 19.2 Å². The fraction of sp³-hybridized carbons (Fsp3) is 0.562. The third-order valence-corrected chi connectivity index (χ3v) is 4.74. The molecule has 0 bridgehead atoms. The summed E-state index contributed by atoms with van der Waals surface area (Å²) in [6.45, 7) is 0. The van der Waals surface area contributed by atoms with Crippen LogP contribution in [-0.4, -0.2) is 24.3 Å². The highest BCUT2D eigenvalue weighted by Gasteiger charge is 2.43. The van der Waals surface area contributed by atoms with Crippen LogP contribution in [0.15, 0.2) is 12.1 Å². The number of halogens is 1. The van der Waals surface area contributed by atoms with E-state index in [-0.39, 0.29) is 6.10 Å². The highest BCUT2D eigenvalue weighted by Crippen LogP contribution is 2.47. The van der Waals surface area contributed by atoms with Crippen LogP contribution in [0.2, 0.25) is 5.02 Å². The van der Waals surface area contributed by atoms with Gasteiger partial charge in [0.2, 0.25) is 0 Å². The van der Waals surface area contributed by atoms with E-state index in [4.69, 9.17) is 21.1 Å². The zero-order chi connectivity index (χ0) is 15.0. The first-order valence-corrected chi connectivity index (χ1v) is 7.73. The van der Waals surface area contributed by atoms with Crippen molar-refractivity contribution in [3.05, 3.63) is 22.7 Å². The molecule has 2 saturated carbocycles. The molecule has 0 aromatic heterocycles. The second-order valence-electron chi connectivity index (χ2n) is 5.90. The molecule has 1 N–H and O–H groups in total. The molecule has 0 saturated heterocycles. The molecule has 0 heterocycles. The van der Waals surface area contributed by atoms with Crippen molar-refractivity contribution < 1.29 is 19.4 Å². The Morgan fingerprint density at radius 3 is 2.52 bits per heavy atom. The number of benzene rings is 1. The van der Waals surface area contributed by atoms with Crippen molar-refractivity contribution >= 4 is 17.6 Å². The molecule has 2 aliphatic carbocycles. The van der Waals surface area contributed by atoms with E-state index in [1.165, 1.54) is 0 Å². The molecule has 5 heteroatoms. The molecule has 4 nitrogen and oxygen atoms in total. The van der Waals surface area contributed by atoms with Gasteiger partial charge in [-0.1, -0.05) is 24.4 Å². The van der Waals surface area contributed by atoms with Gasteiger partial charge >= 0.3 is 5.97 Å². The van der Waals surface area contributed by atoms with Crippen molar-refractivity contribution in [1.82, 2.24) is 0 Å². The number of carbonyl (C=O) groups is 1. The largest absolute Gasteiger partial charge is 0.493 e. The highest BCUT2D eigenvalue weighted by molar-refractivity contribution is 6.32. The summed E-state index contributed by atoms with van der Waals surface area (Å²) in [6.07, 6.45) is 5.40. The van der Waals surface area contributed by atoms with E-state index in [0.29, 0.717) is 29.4 Å². The molecule has 3 rings (SSSR count). The zero-order valence-electron chi connectivity index (χ0n) is 12.0. The fourth-order valence-corrected chi connectivity index (χ4v) is 3.32. The van der Waals surface area contributed by atoms with Crippen LogP contribution in [0.4, 0.5) is 0 Å². The molecule has 0 amide bonds. The summed E-state index contributed by atoms with van der Waals surface area (Å²) >= 11 is 6.33. The Labute approximate surface area is 129 Å². The van der Waals surface area contributed by atoms with E-state index in [9.17, 15) is 9.90 Å². The fourth-order valence-electron chi connectivity index (χ4n) is 3.07. The third-order valence-electron chi connectivity index (χ3n) is 4.46. The van der Waals surface area contributed by atoms with Crippen molar-refractivity contribution in [3.63, 3.8) is 0 Å². The molecule has 0 atom stereocenters. The number of hydrogen-bond donors (Lipinski definition) is 1. The lowest BCUT2D eigenvalue weighted by atomic mass is 9.79. The van der Waals surface area contributed by atoms with Gasteiger partial charge in [-0.2, -0.15) is 0 Å². The maximum absolute atomic E-state index is 11.8. The van der Waals surface area contributed by atoms with E-state index in [0.717, 1.165) is 31.2 Å². The lowest BCUT2D eigenvalue weighted by molar-refractivity contribution is -0.143. The second kappa shape index (κ2) is 5.41. The van der Waals surface area contributed by atoms with Gasteiger partial charge in [-0.15, -0.1) is 0 Å². The predicted octanol–water partition coefficient (Wildman–Crippen LogP) is 3.79. The van der Waals surface area contributed by atoms with Crippen molar-refractivity contribution in [2.45, 2.75) is 50.0 Å². The quantitative estimate of drug-likeness (QED) is 0.899. The predicted molar refractivity (Wildman–Crippen MR) is 79.4 cm³/mol. The Morgan fingerprint density at radius 2 is 2.00 bits per heavy atom. The SMILES string of the molecule is COc1cc(C2(C(=O)O)CCCC2)cc(Cl)c1OC1CC1. The van der Waals surface area contributed by atoms with E-state index in [1.807, 2.05) is 0 Å². The average Bonchev–Trinajstić information content (AvgIpc) is 3.13. The Balaban J connectivity index is 2.02. The summed E-state index contributed by atoms with van der Waals surface area (Å²) in [4.78, 5) is 11.8. The van der Waals surface area contributed by atoms with Gasteiger partial charge in [0, 0.05) is 0 Å². The molecular weight excluding hydrogens is 292 g/mol. The third kappa shape index (κ3) is 2.57. The van der Waals surface area contributed by atoms with Crippen molar-refractivity contribution in [1.29, 1.82) is 0 Å². The van der Waals surface area contributed by atoms with Crippen LogP contribution in [0.25, 0.3) is 0 Å². The first kappa shape index (κ1) is 14.5. The molecule has 2 aliphatic rings. The Kier molecular flexibility index (Phi) is 3.74. The number of carboxylic acid groups (broad SMARTS) is 1. The summed E-state index contributed by atoms with van der Waals surface area (Å²) in [5.41, 5.74) is -0.118. The van der Waals surface area contributed by atoms with Gasteiger partial charge in [0.1, 0.15) is 0 Å². The molecular formula is C16H19ClO4. The molecule has 2 fully saturated rings. The van der Waals surface area contributed by atoms with Crippen LogP contribution < -0.4 is 9.47 Å². The van der Waals surface area contributed by atoms with E-state index in [2.05, 4.69) is 0 Å². The van der Waals surface area contributed by atoms with Gasteiger partial charge in [-0.3, -0.25) is 4.79 Å². The molecule has 0 aliphatic heterocycles. The molecule has 0 radical (unpaired) electrons. The zero-order valence-corrected chi connectivity index (χ0v) is 12.8. The Bertz CT molecular complexity index is 560. The topological polar surface area (TPSA) is 55.8 Å². The minimum Gasteiger partial charge on any atom is -0.493 e. The number of rotatable bonds is 5. The highest BCUT2D eigenvalue weighted by atomic mass is 35.5. The molecule has 1 aromatic carbocycles. The van der Waals surface area contributed by atoms with Crippen LogP contribution in [0.3, 0.4) is 0 Å². The number of ether oxygens (including phenoxy) is 2. The first-order valence-electron chi connectivity index (χ1n) is 7.35. The van der Waals surface area contributed by atoms with Crippen LogP contribution >= 0.6 is 11.6 Å². The summed E-state index contributed by atoms with van der Waals surface area (Å²) in [5, 5.41) is 10.1. The Morgan fingerprint density at radius 1 is 1.33 bits per heavy atom. The maximum atomic E-state index is 11.8. The average molecular weight is 311 g/mol. The van der Waals surface area contributed by atoms with Crippen LogP contribution in [-0.2, 0) is 10.2 Å². The second-order valence-corrected chi connectivity index (χ2v) is 6.31.